The quantitative estimate of drug-likeness (QED) is 0.613. The van der Waals surface area contributed by atoms with E-state index in [0.717, 1.165) is 11.4 Å². The second-order valence-electron chi connectivity index (χ2n) is 7.86. The van der Waals surface area contributed by atoms with E-state index in [9.17, 15) is 10.1 Å². The van der Waals surface area contributed by atoms with Gasteiger partial charge in [-0.05, 0) is 63.1 Å². The Balaban J connectivity index is 1.98. The smallest absolute Gasteiger partial charge is 0.161 e. The molecule has 1 unspecified atom stereocenters. The molecule has 0 bridgehead atoms. The number of carbonyl (C=O) groups excluding carboxylic acids is 1. The summed E-state index contributed by atoms with van der Waals surface area (Å²) in [6.45, 7) is 4.75. The van der Waals surface area contributed by atoms with Crippen molar-refractivity contribution < 1.29 is 14.3 Å². The molecule has 1 aliphatic carbocycles. The Hall–Kier alpha value is -3.43. The molecule has 6 nitrogen and oxygen atoms in total. The highest BCUT2D eigenvalue weighted by atomic mass is 35.5. The number of ether oxygens (including phenoxy) is 2. The average Bonchev–Trinajstić information content (AvgIpc) is 2.80. The van der Waals surface area contributed by atoms with Crippen molar-refractivity contribution in [1.29, 1.82) is 5.26 Å². The minimum Gasteiger partial charge on any atom is -0.494 e. The number of hydrogen-bond donors (Lipinski definition) is 1. The van der Waals surface area contributed by atoms with E-state index in [-0.39, 0.29) is 5.78 Å². The fraction of sp³-hybridized carbons (Fsp3) is 0.308. The average molecular weight is 464 g/mol. The van der Waals surface area contributed by atoms with Crippen molar-refractivity contribution >= 4 is 23.1 Å². The molecule has 170 valence electrons. The zero-order valence-corrected chi connectivity index (χ0v) is 19.5. The van der Waals surface area contributed by atoms with Crippen LogP contribution in [0.4, 0.5) is 5.69 Å². The van der Waals surface area contributed by atoms with E-state index in [1.165, 1.54) is 0 Å². The molecule has 2 aromatic carbocycles. The van der Waals surface area contributed by atoms with Gasteiger partial charge in [-0.25, -0.2) is 0 Å². The molecule has 2 N–H and O–H groups in total. The van der Waals surface area contributed by atoms with Gasteiger partial charge in [-0.15, -0.1) is 0 Å². The summed E-state index contributed by atoms with van der Waals surface area (Å²) in [6, 6.07) is 15.1. The lowest BCUT2D eigenvalue weighted by Gasteiger charge is -2.40. The van der Waals surface area contributed by atoms with Crippen LogP contribution in [0.3, 0.4) is 0 Å². The van der Waals surface area contributed by atoms with Crippen LogP contribution in [0.5, 0.6) is 11.5 Å². The SMILES string of the molecule is CCOc1ccc(OCC)c(C2C(C#N)=C(N)N(c3cccc(Cl)c3)C3=C2C(=O)CCC3)c1. The highest BCUT2D eigenvalue weighted by molar-refractivity contribution is 6.30. The number of nitrogens with two attached hydrogens (primary N) is 1. The summed E-state index contributed by atoms with van der Waals surface area (Å²) >= 11 is 6.25. The molecule has 2 aromatic rings. The van der Waals surface area contributed by atoms with Crippen LogP contribution >= 0.6 is 11.6 Å². The molecule has 1 atom stereocenters. The van der Waals surface area contributed by atoms with Crippen LogP contribution in [0.1, 0.15) is 44.6 Å². The third-order valence-corrected chi connectivity index (χ3v) is 6.12. The topological polar surface area (TPSA) is 88.6 Å². The summed E-state index contributed by atoms with van der Waals surface area (Å²) in [5.74, 6) is 0.929. The van der Waals surface area contributed by atoms with Gasteiger partial charge in [0.25, 0.3) is 0 Å². The fourth-order valence-electron chi connectivity index (χ4n) is 4.60. The first-order valence-electron chi connectivity index (χ1n) is 11.1. The molecule has 1 heterocycles. The zero-order chi connectivity index (χ0) is 23.5. The molecule has 7 heteroatoms. The number of carbonyl (C=O) groups is 1. The van der Waals surface area contributed by atoms with Crippen LogP contribution in [0, 0.1) is 11.3 Å². The van der Waals surface area contributed by atoms with E-state index in [0.29, 0.717) is 71.5 Å². The number of allylic oxidation sites excluding steroid dienone is 3. The van der Waals surface area contributed by atoms with Gasteiger partial charge in [0.1, 0.15) is 17.3 Å². The standard InChI is InChI=1S/C26H26ClN3O3/c1-3-32-18-11-12-23(33-4-2)19(14-18)24-20(15-28)26(29)30(17-8-5-7-16(27)13-17)21-9-6-10-22(31)25(21)24/h5,7-8,11-14,24H,3-4,6,9-10,29H2,1-2H3. The first kappa shape index (κ1) is 22.8. The van der Waals surface area contributed by atoms with E-state index in [4.69, 9.17) is 26.8 Å². The molecule has 0 amide bonds. The number of rotatable bonds is 6. The van der Waals surface area contributed by atoms with Gasteiger partial charge in [-0.3, -0.25) is 9.69 Å². The highest BCUT2D eigenvalue weighted by Crippen LogP contribution is 2.49. The molecule has 0 radical (unpaired) electrons. The van der Waals surface area contributed by atoms with E-state index in [1.54, 1.807) is 17.0 Å². The van der Waals surface area contributed by atoms with Crippen molar-refractivity contribution in [3.05, 3.63) is 75.7 Å². The largest absolute Gasteiger partial charge is 0.494 e. The van der Waals surface area contributed by atoms with E-state index in [1.807, 2.05) is 44.2 Å². The Morgan fingerprint density at radius 3 is 2.64 bits per heavy atom. The van der Waals surface area contributed by atoms with Crippen molar-refractivity contribution in [3.63, 3.8) is 0 Å². The lowest BCUT2D eigenvalue weighted by Crippen LogP contribution is -2.38. The van der Waals surface area contributed by atoms with Gasteiger partial charge in [0.2, 0.25) is 0 Å². The number of benzene rings is 2. The van der Waals surface area contributed by atoms with Gasteiger partial charge in [0, 0.05) is 34.0 Å². The Bertz CT molecular complexity index is 1200. The van der Waals surface area contributed by atoms with Crippen molar-refractivity contribution in [2.24, 2.45) is 5.73 Å². The van der Waals surface area contributed by atoms with Crippen LogP contribution in [-0.4, -0.2) is 19.0 Å². The van der Waals surface area contributed by atoms with Gasteiger partial charge in [0.05, 0.1) is 30.8 Å². The number of Topliss-reactive ketones (excluding diaryl/α,β-unsaturated/α-hetero) is 1. The predicted molar refractivity (Wildman–Crippen MR) is 128 cm³/mol. The molecule has 0 spiro atoms. The van der Waals surface area contributed by atoms with Crippen LogP contribution in [0.2, 0.25) is 5.02 Å². The van der Waals surface area contributed by atoms with Crippen molar-refractivity contribution in [1.82, 2.24) is 0 Å². The Kier molecular flexibility index (Phi) is 6.62. The highest BCUT2D eigenvalue weighted by Gasteiger charge is 2.41. The molecule has 4 rings (SSSR count). The normalized spacial score (nSPS) is 18.2. The van der Waals surface area contributed by atoms with Crippen molar-refractivity contribution in [2.75, 3.05) is 18.1 Å². The summed E-state index contributed by atoms with van der Waals surface area (Å²) in [6.07, 6.45) is 1.80. The maximum absolute atomic E-state index is 13.3. The second-order valence-corrected chi connectivity index (χ2v) is 8.30. The number of halogens is 1. The predicted octanol–water partition coefficient (Wildman–Crippen LogP) is 5.44. The lowest BCUT2D eigenvalue weighted by molar-refractivity contribution is -0.116. The molecule has 0 aromatic heterocycles. The van der Waals surface area contributed by atoms with Gasteiger partial charge in [-0.1, -0.05) is 17.7 Å². The third-order valence-electron chi connectivity index (χ3n) is 5.88. The monoisotopic (exact) mass is 463 g/mol. The van der Waals surface area contributed by atoms with Crippen LogP contribution in [-0.2, 0) is 4.79 Å². The van der Waals surface area contributed by atoms with E-state index >= 15 is 0 Å². The number of nitrogens with zero attached hydrogens (tertiary/aromatic N) is 2. The van der Waals surface area contributed by atoms with Gasteiger partial charge < -0.3 is 15.2 Å². The Morgan fingerprint density at radius 2 is 1.94 bits per heavy atom. The van der Waals surface area contributed by atoms with Gasteiger partial charge >= 0.3 is 0 Å². The molecule has 33 heavy (non-hydrogen) atoms. The van der Waals surface area contributed by atoms with Crippen LogP contribution < -0.4 is 20.1 Å². The zero-order valence-electron chi connectivity index (χ0n) is 18.7. The lowest BCUT2D eigenvalue weighted by atomic mass is 9.75. The number of nitriles is 1. The maximum atomic E-state index is 13.3. The fourth-order valence-corrected chi connectivity index (χ4v) is 4.79. The third kappa shape index (κ3) is 4.17. The van der Waals surface area contributed by atoms with Crippen LogP contribution in [0.15, 0.2) is 65.1 Å². The number of anilines is 1. The summed E-state index contributed by atoms with van der Waals surface area (Å²) in [7, 11) is 0. The Morgan fingerprint density at radius 1 is 1.15 bits per heavy atom. The van der Waals surface area contributed by atoms with Crippen molar-refractivity contribution in [2.45, 2.75) is 39.0 Å². The van der Waals surface area contributed by atoms with Gasteiger partial charge in [0.15, 0.2) is 5.78 Å². The first-order chi connectivity index (χ1) is 16.0. The summed E-state index contributed by atoms with van der Waals surface area (Å²) < 4.78 is 11.6. The Labute approximate surface area is 198 Å². The van der Waals surface area contributed by atoms with E-state index in [2.05, 4.69) is 6.07 Å². The van der Waals surface area contributed by atoms with E-state index < -0.39 is 5.92 Å². The molecule has 0 saturated carbocycles. The summed E-state index contributed by atoms with van der Waals surface area (Å²) in [4.78, 5) is 15.2. The molecular formula is C26H26ClN3O3. The van der Waals surface area contributed by atoms with Crippen molar-refractivity contribution in [3.8, 4) is 17.6 Å². The first-order valence-corrected chi connectivity index (χ1v) is 11.5. The number of hydrogen-bond acceptors (Lipinski definition) is 6. The molecule has 0 fully saturated rings. The maximum Gasteiger partial charge on any atom is 0.161 e. The van der Waals surface area contributed by atoms with Gasteiger partial charge in [-0.2, -0.15) is 5.26 Å². The molecule has 1 aliphatic heterocycles. The number of ketones is 1. The molecular weight excluding hydrogens is 438 g/mol. The molecule has 0 saturated heterocycles. The minimum absolute atomic E-state index is 0.0118. The second kappa shape index (κ2) is 9.60. The minimum atomic E-state index is -0.629. The summed E-state index contributed by atoms with van der Waals surface area (Å²) in [5.41, 5.74) is 9.76. The molecule has 2 aliphatic rings. The summed E-state index contributed by atoms with van der Waals surface area (Å²) in [5, 5.41) is 10.8. The van der Waals surface area contributed by atoms with Crippen LogP contribution in [0.25, 0.3) is 0 Å².